The Bertz CT molecular complexity index is 513. The summed E-state index contributed by atoms with van der Waals surface area (Å²) in [5.41, 5.74) is 1.07. The fourth-order valence-electron chi connectivity index (χ4n) is 1.84. The number of phenols is 1. The zero-order valence-electron chi connectivity index (χ0n) is 11.1. The monoisotopic (exact) mass is 277 g/mol. The number of hydrogen-bond donors (Lipinski definition) is 2. The Balaban J connectivity index is 1.87. The molecule has 0 fully saturated rings. The minimum atomic E-state index is 0.299. The highest BCUT2D eigenvalue weighted by atomic mass is 32.1. The zero-order valence-corrected chi connectivity index (χ0v) is 11.9. The quantitative estimate of drug-likeness (QED) is 0.763. The molecule has 2 rings (SSSR count). The minimum absolute atomic E-state index is 0.299. The van der Waals surface area contributed by atoms with Crippen LogP contribution >= 0.6 is 11.3 Å². The van der Waals surface area contributed by atoms with Gasteiger partial charge in [0.05, 0.1) is 0 Å². The first kappa shape index (κ1) is 14.0. The van der Waals surface area contributed by atoms with E-state index in [0.29, 0.717) is 5.75 Å². The molecule has 2 N–H and O–H groups in total. The second-order valence-electron chi connectivity index (χ2n) is 4.39. The molecule has 4 nitrogen and oxygen atoms in total. The molecule has 0 aliphatic rings. The van der Waals surface area contributed by atoms with E-state index in [4.69, 9.17) is 0 Å². The number of phenolic OH excluding ortho intramolecular Hbond substituents is 1. The lowest BCUT2D eigenvalue weighted by Gasteiger charge is -1.98. The van der Waals surface area contributed by atoms with Gasteiger partial charge in [-0.2, -0.15) is 0 Å². The molecule has 0 amide bonds. The summed E-state index contributed by atoms with van der Waals surface area (Å²) < 4.78 is 0. The van der Waals surface area contributed by atoms with Crippen LogP contribution in [0.25, 0.3) is 0 Å². The first-order valence-electron chi connectivity index (χ1n) is 6.58. The number of aromatic hydroxyl groups is 1. The smallest absolute Gasteiger partial charge is 0.121 e. The second-order valence-corrected chi connectivity index (χ2v) is 5.54. The summed E-state index contributed by atoms with van der Waals surface area (Å²) in [4.78, 5) is 0. The van der Waals surface area contributed by atoms with Crippen molar-refractivity contribution in [1.29, 1.82) is 0 Å². The molecule has 102 valence electrons. The van der Waals surface area contributed by atoms with Crippen LogP contribution in [0.2, 0.25) is 0 Å². The van der Waals surface area contributed by atoms with Crippen LogP contribution in [0.3, 0.4) is 0 Å². The molecule has 0 unspecified atom stereocenters. The maximum absolute atomic E-state index is 9.42. The van der Waals surface area contributed by atoms with Gasteiger partial charge in [0, 0.05) is 12.8 Å². The van der Waals surface area contributed by atoms with Crippen molar-refractivity contribution >= 4 is 11.3 Å². The Morgan fingerprint density at radius 1 is 1.26 bits per heavy atom. The highest BCUT2D eigenvalue weighted by molar-refractivity contribution is 7.11. The summed E-state index contributed by atoms with van der Waals surface area (Å²) in [5.74, 6) is 0.299. The van der Waals surface area contributed by atoms with Crippen LogP contribution in [-0.2, 0) is 12.8 Å². The molecule has 1 aromatic heterocycles. The van der Waals surface area contributed by atoms with Crippen molar-refractivity contribution in [2.24, 2.45) is 0 Å². The third kappa shape index (κ3) is 4.61. The Kier molecular flexibility index (Phi) is 5.30. The molecule has 0 aliphatic heterocycles. The van der Waals surface area contributed by atoms with Crippen LogP contribution in [-0.4, -0.2) is 28.4 Å². The Labute approximate surface area is 117 Å². The van der Waals surface area contributed by atoms with Crippen LogP contribution in [0.1, 0.15) is 28.9 Å². The Morgan fingerprint density at radius 3 is 2.89 bits per heavy atom. The first-order valence-corrected chi connectivity index (χ1v) is 7.39. The molecule has 0 bridgehead atoms. The fraction of sp³-hybridized carbons (Fsp3) is 0.429. The maximum Gasteiger partial charge on any atom is 0.121 e. The maximum atomic E-state index is 9.42. The lowest BCUT2D eigenvalue weighted by molar-refractivity contribution is 0.474. The van der Waals surface area contributed by atoms with Crippen molar-refractivity contribution in [3.8, 4) is 5.75 Å². The van der Waals surface area contributed by atoms with Crippen LogP contribution in [0.15, 0.2) is 24.3 Å². The van der Waals surface area contributed by atoms with Crippen LogP contribution in [0, 0.1) is 0 Å². The number of benzene rings is 1. The first-order chi connectivity index (χ1) is 9.28. The number of aryl methyl sites for hydroxylation is 1. The van der Waals surface area contributed by atoms with Crippen LogP contribution in [0.5, 0.6) is 5.75 Å². The molecule has 0 atom stereocenters. The van der Waals surface area contributed by atoms with E-state index in [9.17, 15) is 5.11 Å². The summed E-state index contributed by atoms with van der Waals surface area (Å²) in [6.45, 7) is 4.15. The topological polar surface area (TPSA) is 58.0 Å². The van der Waals surface area contributed by atoms with Gasteiger partial charge in [0.25, 0.3) is 0 Å². The summed E-state index contributed by atoms with van der Waals surface area (Å²) in [6, 6.07) is 7.29. The van der Waals surface area contributed by atoms with Gasteiger partial charge < -0.3 is 10.4 Å². The van der Waals surface area contributed by atoms with Crippen molar-refractivity contribution in [3.63, 3.8) is 0 Å². The van der Waals surface area contributed by atoms with E-state index in [2.05, 4.69) is 22.4 Å². The van der Waals surface area contributed by atoms with E-state index < -0.39 is 0 Å². The van der Waals surface area contributed by atoms with E-state index in [1.165, 1.54) is 0 Å². The van der Waals surface area contributed by atoms with Crippen LogP contribution < -0.4 is 5.32 Å². The molecule has 1 heterocycles. The summed E-state index contributed by atoms with van der Waals surface area (Å²) in [7, 11) is 0. The third-order valence-electron chi connectivity index (χ3n) is 2.77. The molecule has 2 aromatic rings. The largest absolute Gasteiger partial charge is 0.508 e. The minimum Gasteiger partial charge on any atom is -0.508 e. The van der Waals surface area contributed by atoms with E-state index >= 15 is 0 Å². The normalized spacial score (nSPS) is 10.8. The van der Waals surface area contributed by atoms with Crippen LogP contribution in [0.4, 0.5) is 0 Å². The second kappa shape index (κ2) is 7.21. The predicted molar refractivity (Wildman–Crippen MR) is 77.7 cm³/mol. The van der Waals surface area contributed by atoms with Crippen molar-refractivity contribution in [2.45, 2.75) is 26.2 Å². The number of nitrogens with zero attached hydrogens (tertiary/aromatic N) is 2. The highest BCUT2D eigenvalue weighted by Crippen LogP contribution is 2.18. The van der Waals surface area contributed by atoms with Crippen molar-refractivity contribution in [1.82, 2.24) is 15.5 Å². The lowest BCUT2D eigenvalue weighted by Crippen LogP contribution is -2.14. The van der Waals surface area contributed by atoms with Gasteiger partial charge in [0.1, 0.15) is 15.8 Å². The molecule has 0 saturated carbocycles. The Morgan fingerprint density at radius 2 is 2.11 bits per heavy atom. The number of rotatable bonds is 7. The van der Waals surface area contributed by atoms with Crippen molar-refractivity contribution < 1.29 is 5.11 Å². The molecular weight excluding hydrogens is 258 g/mol. The van der Waals surface area contributed by atoms with E-state index in [1.807, 2.05) is 12.1 Å². The summed E-state index contributed by atoms with van der Waals surface area (Å²) >= 11 is 1.66. The average Bonchev–Trinajstić information content (AvgIpc) is 2.82. The molecule has 0 radical (unpaired) electrons. The predicted octanol–water partition coefficient (Wildman–Crippen LogP) is 2.38. The average molecular weight is 277 g/mol. The van der Waals surface area contributed by atoms with Gasteiger partial charge in [-0.1, -0.05) is 19.1 Å². The molecule has 0 saturated heterocycles. The van der Waals surface area contributed by atoms with Gasteiger partial charge in [-0.25, -0.2) is 0 Å². The number of nitrogens with one attached hydrogen (secondary N) is 1. The summed E-state index contributed by atoms with van der Waals surface area (Å²) in [6.07, 6.45) is 2.80. The van der Waals surface area contributed by atoms with Gasteiger partial charge >= 0.3 is 0 Å². The van der Waals surface area contributed by atoms with Gasteiger partial charge in [0.15, 0.2) is 0 Å². The highest BCUT2D eigenvalue weighted by Gasteiger charge is 2.05. The van der Waals surface area contributed by atoms with Gasteiger partial charge in [0.2, 0.25) is 0 Å². The van der Waals surface area contributed by atoms with Crippen molar-refractivity contribution in [2.75, 3.05) is 13.1 Å². The Hall–Kier alpha value is -1.46. The molecule has 1 aromatic carbocycles. The van der Waals surface area contributed by atoms with Gasteiger partial charge in [-0.3, -0.25) is 0 Å². The lowest BCUT2D eigenvalue weighted by atomic mass is 10.1. The molecular formula is C14H19N3OS. The van der Waals surface area contributed by atoms with E-state index in [0.717, 1.165) is 47.9 Å². The van der Waals surface area contributed by atoms with Gasteiger partial charge in [-0.05, 0) is 37.2 Å². The molecule has 0 spiro atoms. The van der Waals surface area contributed by atoms with Crippen molar-refractivity contribution in [3.05, 3.63) is 39.8 Å². The standard InChI is InChI=1S/C14H19N3OS/c1-2-15-8-4-7-13-16-17-14(19-13)10-11-5-3-6-12(18)9-11/h3,5-6,9,15,18H,2,4,7-8,10H2,1H3. The zero-order chi connectivity index (χ0) is 13.5. The van der Waals surface area contributed by atoms with Gasteiger partial charge in [-0.15, -0.1) is 21.5 Å². The SMILES string of the molecule is CCNCCCc1nnc(Cc2cccc(O)c2)s1. The fourth-order valence-corrected chi connectivity index (χ4v) is 2.76. The number of hydrogen-bond acceptors (Lipinski definition) is 5. The molecule has 0 aliphatic carbocycles. The summed E-state index contributed by atoms with van der Waals surface area (Å²) in [5, 5.41) is 23.2. The van der Waals surface area contributed by atoms with E-state index in [-0.39, 0.29) is 0 Å². The molecule has 5 heteroatoms. The third-order valence-corrected chi connectivity index (χ3v) is 3.75. The van der Waals surface area contributed by atoms with E-state index in [1.54, 1.807) is 23.5 Å². The number of aromatic nitrogens is 2. The molecule has 19 heavy (non-hydrogen) atoms.